The third kappa shape index (κ3) is 3.04. The molecule has 0 amide bonds. The second-order valence-corrected chi connectivity index (χ2v) is 6.02. The predicted octanol–water partition coefficient (Wildman–Crippen LogP) is 1.54. The minimum atomic E-state index is 0.0896. The van der Waals surface area contributed by atoms with Crippen molar-refractivity contribution in [3.8, 4) is 0 Å². The van der Waals surface area contributed by atoms with Crippen molar-refractivity contribution >= 4 is 10.9 Å². The third-order valence-corrected chi connectivity index (χ3v) is 4.10. The van der Waals surface area contributed by atoms with Crippen LogP contribution >= 0.6 is 0 Å². The molecule has 1 aliphatic heterocycles. The van der Waals surface area contributed by atoms with Crippen LogP contribution in [0.15, 0.2) is 29.3 Å². The summed E-state index contributed by atoms with van der Waals surface area (Å²) in [5, 5.41) is 1.02. The van der Waals surface area contributed by atoms with Gasteiger partial charge in [-0.2, -0.15) is 0 Å². The minimum Gasteiger partial charge on any atom is -0.376 e. The van der Waals surface area contributed by atoms with Crippen LogP contribution in [-0.4, -0.2) is 47.4 Å². The molecule has 1 fully saturated rings. The average Bonchev–Trinajstić information content (AvgIpc) is 3.09. The normalized spacial score (nSPS) is 18.9. The van der Waals surface area contributed by atoms with E-state index in [1.165, 1.54) is 0 Å². The van der Waals surface area contributed by atoms with Gasteiger partial charge in [-0.15, -0.1) is 0 Å². The lowest BCUT2D eigenvalue weighted by atomic mass is 10.2. The summed E-state index contributed by atoms with van der Waals surface area (Å²) >= 11 is 0. The van der Waals surface area contributed by atoms with Crippen LogP contribution < -0.4 is 5.56 Å². The second kappa shape index (κ2) is 6.03. The van der Waals surface area contributed by atoms with Gasteiger partial charge < -0.3 is 18.8 Å². The number of hydrogen-bond donors (Lipinski definition) is 0. The smallest absolute Gasteiger partial charge is 0.275 e. The molecule has 0 saturated carbocycles. The van der Waals surface area contributed by atoms with Gasteiger partial charge in [-0.05, 0) is 39.1 Å². The first-order valence-electron chi connectivity index (χ1n) is 7.60. The van der Waals surface area contributed by atoms with Gasteiger partial charge in [0.2, 0.25) is 0 Å². The van der Waals surface area contributed by atoms with Crippen molar-refractivity contribution in [1.82, 2.24) is 14.0 Å². The Hall–Kier alpha value is -1.59. The third-order valence-electron chi connectivity index (χ3n) is 4.10. The van der Waals surface area contributed by atoms with Gasteiger partial charge in [-0.1, -0.05) is 0 Å². The molecule has 0 bridgehead atoms. The van der Waals surface area contributed by atoms with E-state index in [-0.39, 0.29) is 11.7 Å². The predicted molar refractivity (Wildman–Crippen MR) is 83.7 cm³/mol. The zero-order chi connectivity index (χ0) is 14.8. The van der Waals surface area contributed by atoms with Gasteiger partial charge in [0, 0.05) is 37.5 Å². The number of rotatable bonds is 5. The van der Waals surface area contributed by atoms with Crippen molar-refractivity contribution in [3.05, 3.63) is 34.9 Å². The molecule has 0 N–H and O–H groups in total. The first-order valence-corrected chi connectivity index (χ1v) is 7.60. The maximum absolute atomic E-state index is 12.7. The highest BCUT2D eigenvalue weighted by molar-refractivity contribution is 5.78. The molecule has 0 radical (unpaired) electrons. The molecule has 0 spiro atoms. The number of ether oxygens (including phenoxy) is 1. The summed E-state index contributed by atoms with van der Waals surface area (Å²) in [6.07, 6.45) is 6.23. The summed E-state index contributed by atoms with van der Waals surface area (Å²) in [4.78, 5) is 14.8. The lowest BCUT2D eigenvalue weighted by molar-refractivity contribution is 0.0963. The zero-order valence-electron chi connectivity index (χ0n) is 12.8. The molecule has 21 heavy (non-hydrogen) atoms. The van der Waals surface area contributed by atoms with Gasteiger partial charge in [0.05, 0.1) is 12.6 Å². The fraction of sp³-hybridized carbons (Fsp3) is 0.562. The molecule has 3 rings (SSSR count). The van der Waals surface area contributed by atoms with Gasteiger partial charge in [0.15, 0.2) is 0 Å². The Morgan fingerprint density at radius 2 is 2.05 bits per heavy atom. The van der Waals surface area contributed by atoms with Crippen molar-refractivity contribution in [2.75, 3.05) is 27.2 Å². The highest BCUT2D eigenvalue weighted by Gasteiger charge is 2.17. The van der Waals surface area contributed by atoms with Crippen LogP contribution in [0, 0.1) is 0 Å². The van der Waals surface area contributed by atoms with E-state index < -0.39 is 0 Å². The average molecular weight is 289 g/mol. The van der Waals surface area contributed by atoms with Gasteiger partial charge in [-0.25, -0.2) is 0 Å². The number of pyridine rings is 1. The van der Waals surface area contributed by atoms with E-state index in [0.29, 0.717) is 6.54 Å². The molecule has 5 heteroatoms. The molecule has 2 aromatic rings. The van der Waals surface area contributed by atoms with Crippen molar-refractivity contribution in [2.45, 2.75) is 32.0 Å². The van der Waals surface area contributed by atoms with E-state index in [1.54, 1.807) is 4.57 Å². The maximum atomic E-state index is 12.7. The molecular formula is C16H23N3O2. The lowest BCUT2D eigenvalue weighted by Gasteiger charge is -2.14. The molecule has 1 saturated heterocycles. The van der Waals surface area contributed by atoms with Crippen LogP contribution in [-0.2, 0) is 17.8 Å². The number of nitrogens with zero attached hydrogens (tertiary/aromatic N) is 3. The van der Waals surface area contributed by atoms with E-state index in [4.69, 9.17) is 4.74 Å². The van der Waals surface area contributed by atoms with Crippen LogP contribution in [0.5, 0.6) is 0 Å². The highest BCUT2D eigenvalue weighted by atomic mass is 16.5. The van der Waals surface area contributed by atoms with Crippen molar-refractivity contribution < 1.29 is 4.74 Å². The molecule has 1 aliphatic rings. The van der Waals surface area contributed by atoms with E-state index in [1.807, 2.05) is 38.6 Å². The second-order valence-electron chi connectivity index (χ2n) is 6.02. The molecule has 0 aromatic carbocycles. The molecule has 0 unspecified atom stereocenters. The van der Waals surface area contributed by atoms with Crippen LogP contribution in [0.1, 0.15) is 12.8 Å². The Morgan fingerprint density at radius 3 is 2.71 bits per heavy atom. The zero-order valence-corrected chi connectivity index (χ0v) is 12.8. The van der Waals surface area contributed by atoms with Gasteiger partial charge in [0.25, 0.3) is 5.56 Å². The molecule has 2 aromatic heterocycles. The van der Waals surface area contributed by atoms with E-state index in [2.05, 4.69) is 9.47 Å². The van der Waals surface area contributed by atoms with Gasteiger partial charge >= 0.3 is 0 Å². The fourth-order valence-corrected chi connectivity index (χ4v) is 2.89. The van der Waals surface area contributed by atoms with Crippen LogP contribution in [0.4, 0.5) is 0 Å². The van der Waals surface area contributed by atoms with Crippen molar-refractivity contribution in [3.63, 3.8) is 0 Å². The Labute approximate surface area is 124 Å². The monoisotopic (exact) mass is 289 g/mol. The highest BCUT2D eigenvalue weighted by Crippen LogP contribution is 2.15. The summed E-state index contributed by atoms with van der Waals surface area (Å²) in [6, 6.07) is 4.04. The lowest BCUT2D eigenvalue weighted by Crippen LogP contribution is -2.27. The largest absolute Gasteiger partial charge is 0.376 e. The number of aromatic nitrogens is 2. The number of hydrogen-bond acceptors (Lipinski definition) is 3. The molecule has 3 heterocycles. The van der Waals surface area contributed by atoms with Crippen LogP contribution in [0.25, 0.3) is 10.9 Å². The summed E-state index contributed by atoms with van der Waals surface area (Å²) in [5.41, 5.74) is 0.893. The Morgan fingerprint density at radius 1 is 1.29 bits per heavy atom. The van der Waals surface area contributed by atoms with Crippen molar-refractivity contribution in [1.29, 1.82) is 0 Å². The minimum absolute atomic E-state index is 0.0896. The Bertz CT molecular complexity index is 666. The molecular weight excluding hydrogens is 266 g/mol. The first kappa shape index (κ1) is 14.4. The van der Waals surface area contributed by atoms with Gasteiger partial charge in [0.1, 0.15) is 5.52 Å². The van der Waals surface area contributed by atoms with E-state index in [9.17, 15) is 4.79 Å². The maximum Gasteiger partial charge on any atom is 0.275 e. The summed E-state index contributed by atoms with van der Waals surface area (Å²) in [7, 11) is 4.09. The van der Waals surface area contributed by atoms with E-state index >= 15 is 0 Å². The van der Waals surface area contributed by atoms with Gasteiger partial charge in [-0.3, -0.25) is 4.79 Å². The quantitative estimate of drug-likeness (QED) is 0.838. The SMILES string of the molecule is CN(C)CCn1ccc2ccn(C[C@H]3CCCO3)c(=O)c21. The summed E-state index contributed by atoms with van der Waals surface area (Å²) in [6.45, 7) is 3.23. The number of fused-ring (bicyclic) bond motifs is 1. The standard InChI is InChI=1S/C16H23N3O2/c1-17(2)9-10-18-7-5-13-6-8-19(16(20)15(13)18)12-14-4-3-11-21-14/h5-8,14H,3-4,9-12H2,1-2H3/t14-/m1/s1. The molecule has 5 nitrogen and oxygen atoms in total. The van der Waals surface area contributed by atoms with E-state index in [0.717, 1.165) is 43.4 Å². The first-order chi connectivity index (χ1) is 10.1. The Balaban J connectivity index is 1.90. The van der Waals surface area contributed by atoms with Crippen LogP contribution in [0.3, 0.4) is 0 Å². The summed E-state index contributed by atoms with van der Waals surface area (Å²) in [5.74, 6) is 0. The van der Waals surface area contributed by atoms with Crippen LogP contribution in [0.2, 0.25) is 0 Å². The summed E-state index contributed by atoms with van der Waals surface area (Å²) < 4.78 is 9.50. The number of likely N-dealkylation sites (N-methyl/N-ethyl adjacent to an activating group) is 1. The topological polar surface area (TPSA) is 39.4 Å². The fourth-order valence-electron chi connectivity index (χ4n) is 2.89. The molecule has 0 aliphatic carbocycles. The molecule has 114 valence electrons. The van der Waals surface area contributed by atoms with Crippen molar-refractivity contribution in [2.24, 2.45) is 0 Å². The Kier molecular flexibility index (Phi) is 4.12. The molecule has 1 atom stereocenters.